The van der Waals surface area contributed by atoms with Gasteiger partial charge in [-0.1, -0.05) is 27.7 Å². The fraction of sp³-hybridized carbons (Fsp3) is 0.944. The highest BCUT2D eigenvalue weighted by Gasteiger charge is 2.70. The van der Waals surface area contributed by atoms with E-state index in [0.29, 0.717) is 6.42 Å². The largest absolute Gasteiger partial charge is 0.458 e. The fourth-order valence-corrected chi connectivity index (χ4v) is 8.65. The van der Waals surface area contributed by atoms with Crippen molar-refractivity contribution in [3.05, 3.63) is 0 Å². The molecule has 0 amide bonds. The van der Waals surface area contributed by atoms with Gasteiger partial charge in [0.25, 0.3) is 0 Å². The molecule has 0 aromatic heterocycles. The lowest BCUT2D eigenvalue weighted by molar-refractivity contribution is -0.317. The highest BCUT2D eigenvalue weighted by Crippen LogP contribution is 2.51. The van der Waals surface area contributed by atoms with Gasteiger partial charge in [0.2, 0.25) is 0 Å². The number of hydrogen-bond donors (Lipinski definition) is 5. The number of ketones is 1. The smallest absolute Gasteiger partial charge is 0.311 e. The van der Waals surface area contributed by atoms with Crippen LogP contribution in [0.3, 0.4) is 0 Å². The Labute approximate surface area is 296 Å². The van der Waals surface area contributed by atoms with E-state index in [1.165, 1.54) is 21.0 Å². The molecule has 4 rings (SSSR count). The van der Waals surface area contributed by atoms with E-state index >= 15 is 0 Å². The molecular weight excluding hydrogens is 654 g/mol. The molecule has 4 aliphatic rings. The average Bonchev–Trinajstić information content (AvgIpc) is 3.57. The van der Waals surface area contributed by atoms with Crippen molar-refractivity contribution in [2.24, 2.45) is 29.6 Å². The first-order chi connectivity index (χ1) is 23.0. The Kier molecular flexibility index (Phi) is 12.6. The number of fused-ring (bicyclic) bond motifs is 1. The minimum atomic E-state index is -1.84. The first kappa shape index (κ1) is 41.5. The van der Waals surface area contributed by atoms with Gasteiger partial charge in [-0.25, -0.2) is 0 Å². The van der Waals surface area contributed by atoms with Crippen LogP contribution >= 0.6 is 0 Å². The summed E-state index contributed by atoms with van der Waals surface area (Å²) >= 11 is 0. The Balaban J connectivity index is 1.79. The number of carbonyl (C=O) groups is 2. The van der Waals surface area contributed by atoms with Crippen molar-refractivity contribution in [1.29, 1.82) is 0 Å². The number of esters is 1. The van der Waals surface area contributed by atoms with Crippen LogP contribution in [0.2, 0.25) is 0 Å². The van der Waals surface area contributed by atoms with Gasteiger partial charge >= 0.3 is 5.97 Å². The molecule has 3 aliphatic heterocycles. The maximum atomic E-state index is 13.9. The molecule has 1 aliphatic carbocycles. The monoisotopic (exact) mass is 717 g/mol. The number of hydrogen-bond acceptors (Lipinski definition) is 14. The Morgan fingerprint density at radius 3 is 2.06 bits per heavy atom. The second-order valence-corrected chi connectivity index (χ2v) is 16.4. The number of aliphatic hydroxyl groups is 5. The second-order valence-electron chi connectivity index (χ2n) is 16.4. The van der Waals surface area contributed by atoms with E-state index in [2.05, 4.69) is 0 Å². The number of Topliss-reactive ketones (excluding diaryl/α,β-unsaturated/α-hetero) is 1. The summed E-state index contributed by atoms with van der Waals surface area (Å²) in [5.74, 6) is -5.49. The summed E-state index contributed by atoms with van der Waals surface area (Å²) in [5, 5.41) is 57.3. The molecule has 14 nitrogen and oxygen atoms in total. The van der Waals surface area contributed by atoms with Crippen LogP contribution in [0.25, 0.3) is 0 Å². The zero-order valence-electron chi connectivity index (χ0n) is 31.8. The van der Waals surface area contributed by atoms with Crippen LogP contribution in [0.1, 0.15) is 81.6 Å². The summed E-state index contributed by atoms with van der Waals surface area (Å²) in [6.07, 6.45) is -9.56. The number of likely N-dealkylation sites (N-methyl/N-ethyl adjacent to an activating group) is 1. The van der Waals surface area contributed by atoms with Gasteiger partial charge in [0.05, 0.1) is 47.6 Å². The molecule has 4 fully saturated rings. The van der Waals surface area contributed by atoms with Gasteiger partial charge < -0.3 is 58.9 Å². The van der Waals surface area contributed by atoms with Crippen LogP contribution in [0, 0.1) is 29.6 Å². The molecule has 0 bridgehead atoms. The quantitative estimate of drug-likeness (QED) is 0.244. The molecule has 0 aromatic rings. The Bertz CT molecular complexity index is 1200. The number of aliphatic hydroxyl groups excluding tert-OH is 3. The van der Waals surface area contributed by atoms with E-state index in [4.69, 9.17) is 28.4 Å². The van der Waals surface area contributed by atoms with Crippen LogP contribution in [-0.2, 0) is 38.0 Å². The van der Waals surface area contributed by atoms with E-state index in [1.807, 2.05) is 25.9 Å². The average molecular weight is 718 g/mol. The molecule has 14 heteroatoms. The van der Waals surface area contributed by atoms with Gasteiger partial charge in [0.1, 0.15) is 29.7 Å². The van der Waals surface area contributed by atoms with Crippen molar-refractivity contribution in [3.63, 3.8) is 0 Å². The summed E-state index contributed by atoms with van der Waals surface area (Å²) in [6.45, 7) is 15.0. The number of nitrogens with zero attached hydrogens (tertiary/aromatic N) is 1. The third-order valence-corrected chi connectivity index (χ3v) is 12.2. The van der Waals surface area contributed by atoms with Gasteiger partial charge in [-0.2, -0.15) is 0 Å². The molecule has 3 heterocycles. The molecule has 1 saturated carbocycles. The van der Waals surface area contributed by atoms with Gasteiger partial charge in [-0.05, 0) is 61.6 Å². The van der Waals surface area contributed by atoms with Crippen LogP contribution < -0.4 is 0 Å². The molecule has 0 aromatic carbocycles. The molecule has 3 saturated heterocycles. The first-order valence-corrected chi connectivity index (χ1v) is 18.1. The molecule has 19 atom stereocenters. The molecule has 1 unspecified atom stereocenters. The van der Waals surface area contributed by atoms with E-state index in [0.717, 1.165) is 0 Å². The van der Waals surface area contributed by atoms with Crippen molar-refractivity contribution in [2.45, 2.75) is 166 Å². The summed E-state index contributed by atoms with van der Waals surface area (Å²) in [4.78, 5) is 29.6. The van der Waals surface area contributed by atoms with Crippen molar-refractivity contribution >= 4 is 11.8 Å². The SMILES string of the molecule is CO[C@]1(C)C[C@H](O[C@H]2[C@H](C)[C@@H](O[C@@H]3O[C@H](C)C[C@H](N(C)C)[C@H]3O)[C@@](C)(O)C[C@@H](C)C(=O)[C@H](C)[C@@H](O)[C@@]3(O)C(C)[C@H]3OC(=O)[C@@H]2C)O[C@@H](C)[C@@H]1O. The van der Waals surface area contributed by atoms with Gasteiger partial charge in [0, 0.05) is 43.2 Å². The van der Waals surface area contributed by atoms with Crippen LogP contribution in [-0.4, -0.2) is 148 Å². The Morgan fingerprint density at radius 1 is 0.860 bits per heavy atom. The second kappa shape index (κ2) is 15.2. The summed E-state index contributed by atoms with van der Waals surface area (Å²) < 4.78 is 36.9. The molecular formula is C36H63NO13. The zero-order valence-corrected chi connectivity index (χ0v) is 31.8. The van der Waals surface area contributed by atoms with Crippen LogP contribution in [0.15, 0.2) is 0 Å². The highest BCUT2D eigenvalue weighted by atomic mass is 16.7. The Hall–Kier alpha value is -1.30. The Morgan fingerprint density at radius 2 is 1.48 bits per heavy atom. The lowest BCUT2D eigenvalue weighted by atomic mass is 9.75. The number of methoxy groups -OCH3 is 1. The lowest BCUT2D eigenvalue weighted by Crippen LogP contribution is -2.60. The van der Waals surface area contributed by atoms with Gasteiger partial charge in [0.15, 0.2) is 12.6 Å². The fourth-order valence-electron chi connectivity index (χ4n) is 8.65. The minimum absolute atomic E-state index is 0.101. The summed E-state index contributed by atoms with van der Waals surface area (Å²) in [7, 11) is 5.18. The van der Waals surface area contributed by atoms with Gasteiger partial charge in [-0.3, -0.25) is 9.59 Å². The zero-order chi connectivity index (χ0) is 37.8. The first-order valence-electron chi connectivity index (χ1n) is 18.1. The van der Waals surface area contributed by atoms with Crippen molar-refractivity contribution in [3.8, 4) is 0 Å². The summed E-state index contributed by atoms with van der Waals surface area (Å²) in [6, 6.07) is -0.319. The number of rotatable bonds is 6. The molecule has 50 heavy (non-hydrogen) atoms. The third kappa shape index (κ3) is 7.82. The topological polar surface area (TPSA) is 194 Å². The maximum absolute atomic E-state index is 13.9. The van der Waals surface area contributed by atoms with Crippen LogP contribution in [0.4, 0.5) is 0 Å². The summed E-state index contributed by atoms with van der Waals surface area (Å²) in [5.41, 5.74) is -4.66. The van der Waals surface area contributed by atoms with E-state index in [9.17, 15) is 35.1 Å². The predicted octanol–water partition coefficient (Wildman–Crippen LogP) is 1.01. The third-order valence-electron chi connectivity index (χ3n) is 12.2. The molecule has 0 spiro atoms. The normalized spacial score (nSPS) is 52.6. The predicted molar refractivity (Wildman–Crippen MR) is 179 cm³/mol. The number of carbonyl (C=O) groups excluding carboxylic acids is 2. The van der Waals surface area contributed by atoms with Crippen LogP contribution in [0.5, 0.6) is 0 Å². The number of ether oxygens (including phenoxy) is 6. The van der Waals surface area contributed by atoms with Crippen molar-refractivity contribution in [1.82, 2.24) is 4.90 Å². The van der Waals surface area contributed by atoms with Gasteiger partial charge in [-0.15, -0.1) is 0 Å². The van der Waals surface area contributed by atoms with E-state index in [-0.39, 0.29) is 25.0 Å². The molecule has 0 radical (unpaired) electrons. The van der Waals surface area contributed by atoms with E-state index in [1.54, 1.807) is 41.5 Å². The maximum Gasteiger partial charge on any atom is 0.311 e. The minimum Gasteiger partial charge on any atom is -0.458 e. The highest BCUT2D eigenvalue weighted by molar-refractivity contribution is 5.84. The molecule has 290 valence electrons. The van der Waals surface area contributed by atoms with Crippen molar-refractivity contribution in [2.75, 3.05) is 21.2 Å². The van der Waals surface area contributed by atoms with Crippen molar-refractivity contribution < 1.29 is 63.5 Å². The lowest BCUT2D eigenvalue weighted by Gasteiger charge is -2.48. The molecule has 5 N–H and O–H groups in total. The standard InChI is InChI=1S/C36H63NO13/c1-16-14-34(8,43)30(50-33-26(39)23(37(10)11)13-17(2)46-33)19(4)27(48-24-15-35(9,45-12)29(41)22(7)47-24)20(5)32(42)49-31-21(6)36(31,44)28(40)18(3)25(16)38/h16-24,26-31,33,39-41,43-44H,13-15H2,1-12H3/t16-,17-,18+,19+,20-,21?,22+,23+,24+,26-,27+,28-,29+,30-,31-,33+,34+,35-,36+/m1/s1. The van der Waals surface area contributed by atoms with E-state index < -0.39 is 113 Å².